The Kier molecular flexibility index (Phi) is 7.29. The average molecular weight is 475 g/mol. The number of carbonyl (C=O) groups is 2. The van der Waals surface area contributed by atoms with E-state index in [0.29, 0.717) is 30.3 Å². The lowest BCUT2D eigenvalue weighted by Gasteiger charge is -2.06. The Balaban J connectivity index is 1.67. The van der Waals surface area contributed by atoms with Crippen molar-refractivity contribution in [2.24, 2.45) is 0 Å². The zero-order chi connectivity index (χ0) is 21.5. The summed E-state index contributed by atoms with van der Waals surface area (Å²) >= 11 is 3.42. The number of aryl methyl sites for hydroxylation is 1. The van der Waals surface area contributed by atoms with Crippen molar-refractivity contribution in [3.8, 4) is 5.75 Å². The van der Waals surface area contributed by atoms with E-state index < -0.39 is 5.91 Å². The molecular weight excluding hydrogens is 452 g/mol. The van der Waals surface area contributed by atoms with Crippen molar-refractivity contribution < 1.29 is 18.7 Å². The van der Waals surface area contributed by atoms with Crippen LogP contribution in [0.2, 0.25) is 0 Å². The molecule has 0 fully saturated rings. The molecule has 0 aliphatic rings. The van der Waals surface area contributed by atoms with E-state index in [-0.39, 0.29) is 24.0 Å². The van der Waals surface area contributed by atoms with Gasteiger partial charge >= 0.3 is 0 Å². The minimum absolute atomic E-state index is 0.116. The van der Waals surface area contributed by atoms with Crippen molar-refractivity contribution in [3.05, 3.63) is 64.3 Å². The van der Waals surface area contributed by atoms with E-state index in [1.54, 1.807) is 23.0 Å². The summed E-state index contributed by atoms with van der Waals surface area (Å²) in [4.78, 5) is 25.0. The first-order valence-corrected chi connectivity index (χ1v) is 10.4. The van der Waals surface area contributed by atoms with Crippen molar-refractivity contribution >= 4 is 33.4 Å². The summed E-state index contributed by atoms with van der Waals surface area (Å²) in [5.74, 6) is 0.490. The maximum absolute atomic E-state index is 12.6. The van der Waals surface area contributed by atoms with Gasteiger partial charge in [0.15, 0.2) is 11.5 Å². The van der Waals surface area contributed by atoms with E-state index in [1.165, 1.54) is 0 Å². The Hall–Kier alpha value is -3.07. The number of furan rings is 1. The molecule has 0 atom stereocenters. The van der Waals surface area contributed by atoms with Crippen LogP contribution in [-0.2, 0) is 13.2 Å². The first-order chi connectivity index (χ1) is 14.5. The minimum Gasteiger partial charge on any atom is -0.484 e. The van der Waals surface area contributed by atoms with Gasteiger partial charge in [-0.25, -0.2) is 0 Å². The van der Waals surface area contributed by atoms with Gasteiger partial charge in [-0.2, -0.15) is 5.10 Å². The third-order valence-corrected chi connectivity index (χ3v) is 4.83. The molecule has 0 spiro atoms. The maximum atomic E-state index is 12.6. The monoisotopic (exact) mass is 474 g/mol. The van der Waals surface area contributed by atoms with Crippen LogP contribution in [0.3, 0.4) is 0 Å². The summed E-state index contributed by atoms with van der Waals surface area (Å²) < 4.78 is 13.7. The van der Waals surface area contributed by atoms with Gasteiger partial charge in [-0.1, -0.05) is 19.1 Å². The molecule has 0 bridgehead atoms. The molecule has 8 nitrogen and oxygen atoms in total. The molecule has 0 aliphatic heterocycles. The van der Waals surface area contributed by atoms with Gasteiger partial charge < -0.3 is 19.8 Å². The van der Waals surface area contributed by atoms with Gasteiger partial charge in [0, 0.05) is 19.3 Å². The number of carbonyl (C=O) groups excluding carboxylic acids is 2. The molecule has 2 heterocycles. The summed E-state index contributed by atoms with van der Waals surface area (Å²) in [6.45, 7) is 5.14. The number of aromatic nitrogens is 2. The van der Waals surface area contributed by atoms with Crippen LogP contribution in [0, 0.1) is 0 Å². The van der Waals surface area contributed by atoms with E-state index >= 15 is 0 Å². The van der Waals surface area contributed by atoms with Crippen molar-refractivity contribution in [1.29, 1.82) is 0 Å². The lowest BCUT2D eigenvalue weighted by molar-refractivity contribution is 0.0948. The van der Waals surface area contributed by atoms with Gasteiger partial charge in [0.25, 0.3) is 11.8 Å². The number of anilines is 1. The molecule has 3 aromatic rings. The Morgan fingerprint density at radius 2 is 1.97 bits per heavy atom. The van der Waals surface area contributed by atoms with Gasteiger partial charge in [-0.15, -0.1) is 0 Å². The van der Waals surface area contributed by atoms with Crippen LogP contribution in [0.1, 0.15) is 47.1 Å². The van der Waals surface area contributed by atoms with Crippen LogP contribution >= 0.6 is 15.9 Å². The fourth-order valence-corrected chi connectivity index (χ4v) is 3.04. The average Bonchev–Trinajstić information content (AvgIpc) is 3.38. The minimum atomic E-state index is -0.470. The molecule has 0 aliphatic carbocycles. The molecule has 2 aromatic heterocycles. The van der Waals surface area contributed by atoms with Crippen molar-refractivity contribution in [2.45, 2.75) is 33.4 Å². The lowest BCUT2D eigenvalue weighted by atomic mass is 10.3. The molecule has 0 saturated carbocycles. The van der Waals surface area contributed by atoms with Crippen LogP contribution in [0.25, 0.3) is 0 Å². The quantitative estimate of drug-likeness (QED) is 0.483. The molecule has 0 unspecified atom stereocenters. The third kappa shape index (κ3) is 5.29. The zero-order valence-electron chi connectivity index (χ0n) is 16.8. The number of amides is 2. The van der Waals surface area contributed by atoms with Gasteiger partial charge in [-0.05, 0) is 53.5 Å². The first kappa shape index (κ1) is 21.6. The molecule has 0 radical (unpaired) electrons. The van der Waals surface area contributed by atoms with Crippen LogP contribution in [0.15, 0.2) is 51.5 Å². The van der Waals surface area contributed by atoms with Crippen LogP contribution in [0.5, 0.6) is 5.75 Å². The van der Waals surface area contributed by atoms with E-state index in [1.807, 2.05) is 38.1 Å². The Labute approximate surface area is 182 Å². The number of benzene rings is 1. The number of hydrogen-bond donors (Lipinski definition) is 2. The number of ether oxygens (including phenoxy) is 1. The fourth-order valence-electron chi connectivity index (χ4n) is 2.64. The Morgan fingerprint density at radius 3 is 2.70 bits per heavy atom. The van der Waals surface area contributed by atoms with Gasteiger partial charge in [0.05, 0.1) is 10.2 Å². The molecule has 1 aromatic carbocycles. The normalized spacial score (nSPS) is 10.6. The highest BCUT2D eigenvalue weighted by Crippen LogP contribution is 2.25. The Morgan fingerprint density at radius 1 is 1.17 bits per heavy atom. The second-order valence-corrected chi connectivity index (χ2v) is 7.30. The Bertz CT molecular complexity index is 1030. The summed E-state index contributed by atoms with van der Waals surface area (Å²) in [6.07, 6.45) is 2.43. The fraction of sp³-hybridized carbons (Fsp3) is 0.286. The summed E-state index contributed by atoms with van der Waals surface area (Å²) in [7, 11) is 0. The standard InChI is InChI=1S/C21H23BrN4O4/c1-3-11-23-21(28)19-16(12-26(4-2)25-19)24-20(27)18-10-9-14(30-18)13-29-17-8-6-5-7-15(17)22/h5-10,12H,3-4,11,13H2,1-2H3,(H,23,28)(H,24,27). The van der Waals surface area contributed by atoms with E-state index in [0.717, 1.165) is 10.9 Å². The van der Waals surface area contributed by atoms with E-state index in [9.17, 15) is 9.59 Å². The summed E-state index contributed by atoms with van der Waals surface area (Å²) in [5.41, 5.74) is 0.501. The summed E-state index contributed by atoms with van der Waals surface area (Å²) in [5, 5.41) is 9.72. The highest BCUT2D eigenvalue weighted by molar-refractivity contribution is 9.10. The van der Waals surface area contributed by atoms with Crippen molar-refractivity contribution in [2.75, 3.05) is 11.9 Å². The lowest BCUT2D eigenvalue weighted by Crippen LogP contribution is -2.26. The summed E-state index contributed by atoms with van der Waals surface area (Å²) in [6, 6.07) is 10.7. The molecule has 30 heavy (non-hydrogen) atoms. The van der Waals surface area contributed by atoms with Crippen LogP contribution < -0.4 is 15.4 Å². The highest BCUT2D eigenvalue weighted by atomic mass is 79.9. The smallest absolute Gasteiger partial charge is 0.291 e. The van der Waals surface area contributed by atoms with Crippen molar-refractivity contribution in [3.63, 3.8) is 0 Å². The molecular formula is C21H23BrN4O4. The maximum Gasteiger partial charge on any atom is 0.291 e. The molecule has 2 N–H and O–H groups in total. The van der Waals surface area contributed by atoms with Gasteiger partial charge in [0.1, 0.15) is 18.1 Å². The van der Waals surface area contributed by atoms with Gasteiger partial charge in [-0.3, -0.25) is 14.3 Å². The van der Waals surface area contributed by atoms with E-state index in [2.05, 4.69) is 31.7 Å². The number of nitrogens with one attached hydrogen (secondary N) is 2. The molecule has 0 saturated heterocycles. The highest BCUT2D eigenvalue weighted by Gasteiger charge is 2.20. The number of hydrogen-bond acceptors (Lipinski definition) is 5. The van der Waals surface area contributed by atoms with Gasteiger partial charge in [0.2, 0.25) is 0 Å². The predicted octanol–water partition coefficient (Wildman–Crippen LogP) is 4.23. The largest absolute Gasteiger partial charge is 0.484 e. The topological polar surface area (TPSA) is 98.4 Å². The van der Waals surface area contributed by atoms with E-state index in [4.69, 9.17) is 9.15 Å². The first-order valence-electron chi connectivity index (χ1n) is 9.64. The molecule has 9 heteroatoms. The molecule has 3 rings (SSSR count). The van der Waals surface area contributed by atoms with Crippen LogP contribution in [0.4, 0.5) is 5.69 Å². The number of rotatable bonds is 9. The molecule has 158 valence electrons. The molecule has 2 amide bonds. The number of nitrogens with zero attached hydrogens (tertiary/aromatic N) is 2. The van der Waals surface area contributed by atoms with Crippen LogP contribution in [-0.4, -0.2) is 28.1 Å². The SMILES string of the molecule is CCCNC(=O)c1nn(CC)cc1NC(=O)c1ccc(COc2ccccc2Br)o1. The van der Waals surface area contributed by atoms with Crippen molar-refractivity contribution in [1.82, 2.24) is 15.1 Å². The second-order valence-electron chi connectivity index (χ2n) is 6.44. The third-order valence-electron chi connectivity index (χ3n) is 4.18. The number of halogens is 1. The second kappa shape index (κ2) is 10.1. The predicted molar refractivity (Wildman–Crippen MR) is 116 cm³/mol. The zero-order valence-corrected chi connectivity index (χ0v) is 18.4. The number of para-hydroxylation sites is 1.